The molecular weight excluding hydrogens is 285 g/mol. The van der Waals surface area contributed by atoms with E-state index >= 15 is 0 Å². The molecule has 1 aromatic carbocycles. The second-order valence-electron chi connectivity index (χ2n) is 2.57. The van der Waals surface area contributed by atoms with Gasteiger partial charge in [-0.3, -0.25) is 15.6 Å². The third kappa shape index (κ3) is 3.45. The maximum absolute atomic E-state index is 12.8. The van der Waals surface area contributed by atoms with Crippen molar-refractivity contribution in [3.05, 3.63) is 34.1 Å². The van der Waals surface area contributed by atoms with Crippen molar-refractivity contribution in [2.45, 2.75) is 0 Å². The quantitative estimate of drug-likeness (QED) is 0.535. The molecule has 80 valence electrons. The van der Waals surface area contributed by atoms with Crippen LogP contribution in [-0.4, -0.2) is 11.0 Å². The van der Waals surface area contributed by atoms with Crippen molar-refractivity contribution in [1.29, 1.82) is 0 Å². The standard InChI is InChI=1S/C8H7BrFN3OS/c9-6-2-1-4(10)3-5(6)7(14)12-13-8(11)15/h1-3H,(H,12,14)(H3,11,13,15). The Morgan fingerprint density at radius 2 is 2.13 bits per heavy atom. The van der Waals surface area contributed by atoms with Crippen LogP contribution in [-0.2, 0) is 0 Å². The summed E-state index contributed by atoms with van der Waals surface area (Å²) in [5.74, 6) is -1.03. The van der Waals surface area contributed by atoms with E-state index in [1.165, 1.54) is 12.1 Å². The molecule has 0 aromatic heterocycles. The zero-order valence-electron chi connectivity index (χ0n) is 7.38. The molecule has 0 saturated heterocycles. The molecule has 0 aliphatic heterocycles. The van der Waals surface area contributed by atoms with Crippen LogP contribution in [0.1, 0.15) is 10.4 Å². The summed E-state index contributed by atoms with van der Waals surface area (Å²) in [5, 5.41) is -0.0733. The molecule has 7 heteroatoms. The molecule has 0 aliphatic carbocycles. The summed E-state index contributed by atoms with van der Waals surface area (Å²) in [6.07, 6.45) is 0. The fourth-order valence-electron chi connectivity index (χ4n) is 0.857. The number of halogens is 2. The van der Waals surface area contributed by atoms with Crippen LogP contribution in [0.15, 0.2) is 22.7 Å². The Labute approximate surface area is 99.1 Å². The van der Waals surface area contributed by atoms with Crippen molar-refractivity contribution >= 4 is 39.2 Å². The first kappa shape index (κ1) is 11.9. The molecule has 1 aromatic rings. The predicted octanol–water partition coefficient (Wildman–Crippen LogP) is 1.07. The van der Waals surface area contributed by atoms with Crippen LogP contribution in [0.4, 0.5) is 4.39 Å². The molecule has 1 amide bonds. The first-order chi connectivity index (χ1) is 7.00. The summed E-state index contributed by atoms with van der Waals surface area (Å²) in [7, 11) is 0. The Bertz CT molecular complexity index is 413. The maximum Gasteiger partial charge on any atom is 0.270 e. The smallest absolute Gasteiger partial charge is 0.270 e. The molecule has 4 nitrogen and oxygen atoms in total. The Morgan fingerprint density at radius 3 is 2.73 bits per heavy atom. The molecule has 0 radical (unpaired) electrons. The van der Waals surface area contributed by atoms with Crippen molar-refractivity contribution in [2.24, 2.45) is 5.73 Å². The Morgan fingerprint density at radius 1 is 1.47 bits per heavy atom. The molecule has 0 bridgehead atoms. The average molecular weight is 292 g/mol. The van der Waals surface area contributed by atoms with Crippen LogP contribution in [0.25, 0.3) is 0 Å². The van der Waals surface area contributed by atoms with E-state index in [9.17, 15) is 9.18 Å². The molecule has 0 atom stereocenters. The summed E-state index contributed by atoms with van der Waals surface area (Å²) >= 11 is 7.61. The highest BCUT2D eigenvalue weighted by Crippen LogP contribution is 2.17. The highest BCUT2D eigenvalue weighted by molar-refractivity contribution is 9.10. The minimum atomic E-state index is -0.533. The number of hydrogen-bond acceptors (Lipinski definition) is 2. The van der Waals surface area contributed by atoms with E-state index in [1.54, 1.807) is 0 Å². The van der Waals surface area contributed by atoms with Gasteiger partial charge in [-0.1, -0.05) is 0 Å². The first-order valence-corrected chi connectivity index (χ1v) is 5.01. The highest BCUT2D eigenvalue weighted by atomic mass is 79.9. The van der Waals surface area contributed by atoms with Gasteiger partial charge in [0, 0.05) is 4.47 Å². The van der Waals surface area contributed by atoms with E-state index < -0.39 is 11.7 Å². The maximum atomic E-state index is 12.8. The van der Waals surface area contributed by atoms with Crippen LogP contribution in [0.5, 0.6) is 0 Å². The molecule has 15 heavy (non-hydrogen) atoms. The van der Waals surface area contributed by atoms with Gasteiger partial charge in [-0.15, -0.1) is 0 Å². The molecule has 0 saturated carbocycles. The Balaban J connectivity index is 2.81. The van der Waals surface area contributed by atoms with Gasteiger partial charge in [0.05, 0.1) is 5.56 Å². The fourth-order valence-corrected chi connectivity index (χ4v) is 1.33. The molecule has 0 aliphatic rings. The first-order valence-electron chi connectivity index (χ1n) is 3.81. The summed E-state index contributed by atoms with van der Waals surface area (Å²) in [6, 6.07) is 3.77. The van der Waals surface area contributed by atoms with E-state index in [4.69, 9.17) is 5.73 Å². The topological polar surface area (TPSA) is 67.2 Å². The lowest BCUT2D eigenvalue weighted by Crippen LogP contribution is -2.44. The van der Waals surface area contributed by atoms with Crippen LogP contribution in [0.3, 0.4) is 0 Å². The summed E-state index contributed by atoms with van der Waals surface area (Å²) in [4.78, 5) is 11.4. The van der Waals surface area contributed by atoms with Crippen LogP contribution >= 0.6 is 28.1 Å². The van der Waals surface area contributed by atoms with Gasteiger partial charge in [0.2, 0.25) is 0 Å². The number of benzene rings is 1. The van der Waals surface area contributed by atoms with Gasteiger partial charge in [0.25, 0.3) is 5.91 Å². The fraction of sp³-hybridized carbons (Fsp3) is 0. The van der Waals surface area contributed by atoms with Crippen molar-refractivity contribution in [1.82, 2.24) is 10.9 Å². The molecule has 4 N–H and O–H groups in total. The Kier molecular flexibility index (Phi) is 3.98. The van der Waals surface area contributed by atoms with Gasteiger partial charge in [-0.2, -0.15) is 0 Å². The van der Waals surface area contributed by atoms with Crippen molar-refractivity contribution in [2.75, 3.05) is 0 Å². The number of carbonyl (C=O) groups excluding carboxylic acids is 1. The summed E-state index contributed by atoms with van der Waals surface area (Å²) in [5.41, 5.74) is 9.73. The summed E-state index contributed by atoms with van der Waals surface area (Å²) < 4.78 is 13.3. The normalized spacial score (nSPS) is 9.47. The minimum absolute atomic E-state index is 0.0733. The SMILES string of the molecule is NC(=S)NNC(=O)c1cc(F)ccc1Br. The number of nitrogens with two attached hydrogens (primary N) is 1. The van der Waals surface area contributed by atoms with E-state index in [1.807, 2.05) is 0 Å². The lowest BCUT2D eigenvalue weighted by atomic mass is 10.2. The van der Waals surface area contributed by atoms with Crippen molar-refractivity contribution < 1.29 is 9.18 Å². The monoisotopic (exact) mass is 291 g/mol. The minimum Gasteiger partial charge on any atom is -0.375 e. The molecular formula is C8H7BrFN3OS. The second kappa shape index (κ2) is 5.04. The van der Waals surface area contributed by atoms with Gasteiger partial charge in [-0.25, -0.2) is 4.39 Å². The Hall–Kier alpha value is -1.21. The van der Waals surface area contributed by atoms with Crippen LogP contribution in [0.2, 0.25) is 0 Å². The third-order valence-corrected chi connectivity index (χ3v) is 2.27. The van der Waals surface area contributed by atoms with E-state index in [2.05, 4.69) is 39.0 Å². The molecule has 0 heterocycles. The summed E-state index contributed by atoms with van der Waals surface area (Å²) in [6.45, 7) is 0. The zero-order valence-corrected chi connectivity index (χ0v) is 9.78. The number of hydrazine groups is 1. The van der Waals surface area contributed by atoms with E-state index in [0.29, 0.717) is 4.47 Å². The highest BCUT2D eigenvalue weighted by Gasteiger charge is 2.10. The lowest BCUT2D eigenvalue weighted by Gasteiger charge is -2.07. The van der Waals surface area contributed by atoms with Crippen LogP contribution < -0.4 is 16.6 Å². The second-order valence-corrected chi connectivity index (χ2v) is 3.86. The largest absolute Gasteiger partial charge is 0.375 e. The third-order valence-electron chi connectivity index (χ3n) is 1.47. The average Bonchev–Trinajstić information content (AvgIpc) is 2.18. The van der Waals surface area contributed by atoms with Gasteiger partial charge in [0.1, 0.15) is 5.82 Å². The zero-order chi connectivity index (χ0) is 11.4. The number of thiocarbonyl (C=S) groups is 1. The van der Waals surface area contributed by atoms with Crippen LogP contribution in [0, 0.1) is 5.82 Å². The number of hydrogen-bond donors (Lipinski definition) is 3. The lowest BCUT2D eigenvalue weighted by molar-refractivity contribution is 0.0943. The van der Waals surface area contributed by atoms with Gasteiger partial charge in [0.15, 0.2) is 5.11 Å². The van der Waals surface area contributed by atoms with Crippen molar-refractivity contribution in [3.8, 4) is 0 Å². The number of nitrogens with one attached hydrogen (secondary N) is 2. The number of rotatable bonds is 1. The number of amides is 1. The van der Waals surface area contributed by atoms with Gasteiger partial charge < -0.3 is 5.73 Å². The molecule has 0 fully saturated rings. The molecule has 1 rings (SSSR count). The molecule has 0 unspecified atom stereocenters. The van der Waals surface area contributed by atoms with E-state index in [-0.39, 0.29) is 10.7 Å². The van der Waals surface area contributed by atoms with Gasteiger partial charge in [-0.05, 0) is 46.3 Å². The van der Waals surface area contributed by atoms with Crippen molar-refractivity contribution in [3.63, 3.8) is 0 Å². The van der Waals surface area contributed by atoms with Gasteiger partial charge >= 0.3 is 0 Å². The van der Waals surface area contributed by atoms with E-state index in [0.717, 1.165) is 6.07 Å². The molecule has 0 spiro atoms. The predicted molar refractivity (Wildman–Crippen MR) is 61.5 cm³/mol. The number of carbonyl (C=O) groups is 1.